The van der Waals surface area contributed by atoms with E-state index in [-0.39, 0.29) is 5.82 Å². The second kappa shape index (κ2) is 6.50. The summed E-state index contributed by atoms with van der Waals surface area (Å²) in [6, 6.07) is 17.5. The highest BCUT2D eigenvalue weighted by atomic mass is 35.5. The Morgan fingerprint density at radius 3 is 2.54 bits per heavy atom. The molecule has 1 fully saturated rings. The van der Waals surface area contributed by atoms with Crippen LogP contribution < -0.4 is 0 Å². The van der Waals surface area contributed by atoms with Crippen LogP contribution in [0.5, 0.6) is 0 Å². The van der Waals surface area contributed by atoms with Crippen molar-refractivity contribution in [3.8, 4) is 0 Å². The molecule has 24 heavy (non-hydrogen) atoms. The van der Waals surface area contributed by atoms with Gasteiger partial charge in [0.1, 0.15) is 11.0 Å². The minimum absolute atomic E-state index is 0.196. The SMILES string of the molecule is Fc1ccc(CN(Cc2cc3ccccc3nc2Cl)C2CC2)cc1. The van der Waals surface area contributed by atoms with Crippen LogP contribution >= 0.6 is 11.6 Å². The van der Waals surface area contributed by atoms with Crippen molar-refractivity contribution >= 4 is 22.5 Å². The van der Waals surface area contributed by atoms with Gasteiger partial charge in [-0.2, -0.15) is 0 Å². The molecule has 0 unspecified atom stereocenters. The van der Waals surface area contributed by atoms with Gasteiger partial charge in [0.15, 0.2) is 0 Å². The summed E-state index contributed by atoms with van der Waals surface area (Å²) in [6.07, 6.45) is 2.42. The van der Waals surface area contributed by atoms with Gasteiger partial charge in [-0.05, 0) is 42.7 Å². The highest BCUT2D eigenvalue weighted by Gasteiger charge is 2.29. The van der Waals surface area contributed by atoms with Gasteiger partial charge in [-0.25, -0.2) is 9.37 Å². The molecule has 2 aromatic carbocycles. The number of hydrogen-bond donors (Lipinski definition) is 0. The van der Waals surface area contributed by atoms with Crippen molar-refractivity contribution in [1.82, 2.24) is 9.88 Å². The third-order valence-corrected chi connectivity index (χ3v) is 4.81. The van der Waals surface area contributed by atoms with Crippen molar-refractivity contribution in [1.29, 1.82) is 0 Å². The summed E-state index contributed by atoms with van der Waals surface area (Å²) in [5, 5.41) is 1.67. The zero-order valence-electron chi connectivity index (χ0n) is 13.3. The Labute approximate surface area is 145 Å². The highest BCUT2D eigenvalue weighted by Crippen LogP contribution is 2.31. The molecule has 4 rings (SSSR count). The van der Waals surface area contributed by atoms with Crippen LogP contribution in [0, 0.1) is 5.82 Å². The zero-order chi connectivity index (χ0) is 16.5. The van der Waals surface area contributed by atoms with E-state index in [2.05, 4.69) is 22.0 Å². The van der Waals surface area contributed by atoms with Crippen molar-refractivity contribution < 1.29 is 4.39 Å². The van der Waals surface area contributed by atoms with Gasteiger partial charge < -0.3 is 0 Å². The molecule has 0 saturated heterocycles. The summed E-state index contributed by atoms with van der Waals surface area (Å²) in [5.41, 5.74) is 3.08. The van der Waals surface area contributed by atoms with Gasteiger partial charge in [0, 0.05) is 30.1 Å². The summed E-state index contributed by atoms with van der Waals surface area (Å²) >= 11 is 6.41. The van der Waals surface area contributed by atoms with E-state index >= 15 is 0 Å². The average Bonchev–Trinajstić information content (AvgIpc) is 3.42. The maximum atomic E-state index is 13.1. The molecule has 0 amide bonds. The van der Waals surface area contributed by atoms with Crippen molar-refractivity contribution in [2.75, 3.05) is 0 Å². The topological polar surface area (TPSA) is 16.1 Å². The number of fused-ring (bicyclic) bond motifs is 1. The minimum atomic E-state index is -0.196. The minimum Gasteiger partial charge on any atom is -0.292 e. The first-order valence-corrected chi connectivity index (χ1v) is 8.59. The number of pyridine rings is 1. The molecular formula is C20H18ClFN2. The molecule has 0 N–H and O–H groups in total. The molecule has 3 aromatic rings. The summed E-state index contributed by atoms with van der Waals surface area (Å²) in [6.45, 7) is 1.56. The van der Waals surface area contributed by atoms with Crippen molar-refractivity contribution in [2.45, 2.75) is 32.0 Å². The molecule has 1 heterocycles. The molecule has 1 aliphatic carbocycles. The highest BCUT2D eigenvalue weighted by molar-refractivity contribution is 6.30. The normalized spacial score (nSPS) is 14.5. The number of aromatic nitrogens is 1. The molecule has 1 saturated carbocycles. The van der Waals surface area contributed by atoms with E-state index in [4.69, 9.17) is 11.6 Å². The Kier molecular flexibility index (Phi) is 4.21. The predicted octanol–water partition coefficient (Wildman–Crippen LogP) is 5.19. The Bertz CT molecular complexity index is 859. The lowest BCUT2D eigenvalue weighted by Gasteiger charge is -2.23. The molecule has 2 nitrogen and oxygen atoms in total. The van der Waals surface area contributed by atoms with E-state index in [1.807, 2.05) is 30.3 Å². The molecule has 0 radical (unpaired) electrons. The average molecular weight is 341 g/mol. The number of halogens is 2. The summed E-state index contributed by atoms with van der Waals surface area (Å²) in [4.78, 5) is 6.92. The fourth-order valence-corrected chi connectivity index (χ4v) is 3.25. The fraction of sp³-hybridized carbons (Fsp3) is 0.250. The van der Waals surface area contributed by atoms with Gasteiger partial charge in [-0.3, -0.25) is 4.90 Å². The Hall–Kier alpha value is -1.97. The maximum Gasteiger partial charge on any atom is 0.134 e. The molecule has 0 aliphatic heterocycles. The Balaban J connectivity index is 1.59. The number of hydrogen-bond acceptors (Lipinski definition) is 2. The quantitative estimate of drug-likeness (QED) is 0.594. The predicted molar refractivity (Wildman–Crippen MR) is 95.4 cm³/mol. The molecule has 0 atom stereocenters. The lowest BCUT2D eigenvalue weighted by atomic mass is 10.1. The molecule has 4 heteroatoms. The number of para-hydroxylation sites is 1. The number of nitrogens with zero attached hydrogens (tertiary/aromatic N) is 2. The second-order valence-corrected chi connectivity index (χ2v) is 6.75. The second-order valence-electron chi connectivity index (χ2n) is 6.39. The van der Waals surface area contributed by atoms with Crippen molar-refractivity contribution in [2.24, 2.45) is 0 Å². The smallest absolute Gasteiger partial charge is 0.134 e. The van der Waals surface area contributed by atoms with Gasteiger partial charge in [0.05, 0.1) is 5.52 Å². The van der Waals surface area contributed by atoms with Gasteiger partial charge in [0.25, 0.3) is 0 Å². The molecule has 1 aromatic heterocycles. The third kappa shape index (κ3) is 3.42. The lowest BCUT2D eigenvalue weighted by Crippen LogP contribution is -2.25. The largest absolute Gasteiger partial charge is 0.292 e. The number of rotatable bonds is 5. The van der Waals surface area contributed by atoms with Crippen LogP contribution in [0.1, 0.15) is 24.0 Å². The molecule has 122 valence electrons. The van der Waals surface area contributed by atoms with Crippen LogP contribution in [0.25, 0.3) is 10.9 Å². The van der Waals surface area contributed by atoms with E-state index in [0.29, 0.717) is 11.2 Å². The first-order chi connectivity index (χ1) is 11.7. The molecule has 0 spiro atoms. The monoisotopic (exact) mass is 340 g/mol. The Morgan fingerprint density at radius 2 is 1.79 bits per heavy atom. The molecule has 0 bridgehead atoms. The van der Waals surface area contributed by atoms with E-state index < -0.39 is 0 Å². The lowest BCUT2D eigenvalue weighted by molar-refractivity contribution is 0.245. The van der Waals surface area contributed by atoms with Crippen LogP contribution in [-0.2, 0) is 13.1 Å². The molecular weight excluding hydrogens is 323 g/mol. The standard InChI is InChI=1S/C20H18ClFN2/c21-20-16(11-15-3-1-2-4-19(15)23-20)13-24(18-9-10-18)12-14-5-7-17(22)8-6-14/h1-8,11,18H,9-10,12-13H2. The van der Waals surface area contributed by atoms with Crippen LogP contribution in [0.2, 0.25) is 5.15 Å². The van der Waals surface area contributed by atoms with Gasteiger partial charge in [-0.15, -0.1) is 0 Å². The van der Waals surface area contributed by atoms with Crippen molar-refractivity contribution in [3.05, 3.63) is 76.7 Å². The Morgan fingerprint density at radius 1 is 1.04 bits per heavy atom. The van der Waals surface area contributed by atoms with Crippen LogP contribution in [0.15, 0.2) is 54.6 Å². The van der Waals surface area contributed by atoms with E-state index in [9.17, 15) is 4.39 Å². The summed E-state index contributed by atoms with van der Waals surface area (Å²) in [5.74, 6) is -0.196. The van der Waals surface area contributed by atoms with E-state index in [0.717, 1.165) is 35.1 Å². The van der Waals surface area contributed by atoms with Crippen LogP contribution in [0.4, 0.5) is 4.39 Å². The molecule has 1 aliphatic rings. The maximum absolute atomic E-state index is 13.1. The van der Waals surface area contributed by atoms with E-state index in [1.165, 1.54) is 25.0 Å². The number of benzene rings is 2. The fourth-order valence-electron chi connectivity index (χ4n) is 3.04. The summed E-state index contributed by atoms with van der Waals surface area (Å²) in [7, 11) is 0. The van der Waals surface area contributed by atoms with Gasteiger partial charge in [-0.1, -0.05) is 41.9 Å². The van der Waals surface area contributed by atoms with E-state index in [1.54, 1.807) is 0 Å². The van der Waals surface area contributed by atoms with Crippen LogP contribution in [-0.4, -0.2) is 15.9 Å². The zero-order valence-corrected chi connectivity index (χ0v) is 14.0. The van der Waals surface area contributed by atoms with Gasteiger partial charge in [0.2, 0.25) is 0 Å². The first-order valence-electron chi connectivity index (χ1n) is 8.22. The third-order valence-electron chi connectivity index (χ3n) is 4.49. The van der Waals surface area contributed by atoms with Gasteiger partial charge >= 0.3 is 0 Å². The van der Waals surface area contributed by atoms with Crippen LogP contribution in [0.3, 0.4) is 0 Å². The van der Waals surface area contributed by atoms with Crippen molar-refractivity contribution in [3.63, 3.8) is 0 Å². The first kappa shape index (κ1) is 15.6. The summed E-state index contributed by atoms with van der Waals surface area (Å²) < 4.78 is 13.1.